The molecule has 4 rings (SSSR count). The van der Waals surface area contributed by atoms with Crippen LogP contribution < -0.4 is 15.8 Å². The van der Waals surface area contributed by atoms with Crippen molar-refractivity contribution in [2.45, 2.75) is 32.1 Å². The van der Waals surface area contributed by atoms with E-state index in [1.807, 2.05) is 42.5 Å². The standard InChI is InChI=1S/C25H29ClN4O2S/c1-18-27-24(29-28-18)33-16-15-19-7-9-20(10-8-19)17-32-25(31)30(22-5-3-2-4-6-22)23-13-11-21(26)12-14-23/h2-6,11-14,19-20,28H,1,7-10,15-17H2,(H,27,29). The molecule has 8 heteroatoms. The van der Waals surface area contributed by atoms with E-state index in [1.54, 1.807) is 28.8 Å². The third-order valence-electron chi connectivity index (χ3n) is 6.01. The maximum atomic E-state index is 13.1. The Morgan fingerprint density at radius 1 is 1.03 bits per heavy atom. The van der Waals surface area contributed by atoms with Crippen molar-refractivity contribution in [3.05, 3.63) is 72.0 Å². The molecule has 1 aliphatic carbocycles. The molecule has 0 radical (unpaired) electrons. The molecular formula is C25H29ClN4O2S. The number of carbonyl (C=O) groups is 1. The fourth-order valence-corrected chi connectivity index (χ4v) is 5.23. The van der Waals surface area contributed by atoms with Crippen molar-refractivity contribution in [1.29, 1.82) is 0 Å². The van der Waals surface area contributed by atoms with Crippen LogP contribution in [0.5, 0.6) is 0 Å². The Labute approximate surface area is 204 Å². The lowest BCUT2D eigenvalue weighted by Gasteiger charge is -2.29. The molecule has 2 aromatic carbocycles. The highest BCUT2D eigenvalue weighted by Crippen LogP contribution is 2.33. The van der Waals surface area contributed by atoms with Crippen LogP contribution >= 0.6 is 23.4 Å². The number of aliphatic imine (C=N–C) groups is 1. The summed E-state index contributed by atoms with van der Waals surface area (Å²) in [6.45, 7) is 4.22. The van der Waals surface area contributed by atoms with Gasteiger partial charge in [-0.3, -0.25) is 10.9 Å². The minimum atomic E-state index is -0.359. The normalized spacial score (nSPS) is 19.9. The van der Waals surface area contributed by atoms with Crippen LogP contribution in [0.2, 0.25) is 5.02 Å². The molecule has 33 heavy (non-hydrogen) atoms. The van der Waals surface area contributed by atoms with Gasteiger partial charge in [0.1, 0.15) is 5.82 Å². The van der Waals surface area contributed by atoms with Crippen molar-refractivity contribution in [3.63, 3.8) is 0 Å². The Morgan fingerprint density at radius 2 is 1.70 bits per heavy atom. The first-order valence-electron chi connectivity index (χ1n) is 11.3. The molecule has 2 N–H and O–H groups in total. The van der Waals surface area contributed by atoms with Crippen molar-refractivity contribution in [3.8, 4) is 0 Å². The molecule has 0 bridgehead atoms. The summed E-state index contributed by atoms with van der Waals surface area (Å²) in [7, 11) is 0. The quantitative estimate of drug-likeness (QED) is 0.470. The van der Waals surface area contributed by atoms with Gasteiger partial charge in [0.05, 0.1) is 18.0 Å². The molecule has 0 aromatic heterocycles. The molecule has 0 atom stereocenters. The minimum Gasteiger partial charge on any atom is -0.449 e. The summed E-state index contributed by atoms with van der Waals surface area (Å²) in [4.78, 5) is 19.0. The Balaban J connectivity index is 1.25. The first-order chi connectivity index (χ1) is 16.1. The number of para-hydroxylation sites is 1. The SMILES string of the molecule is C=C1N=C(SCCC2CCC(COC(=O)N(c3ccccc3)c3ccc(Cl)cc3)CC2)NN1. The van der Waals surface area contributed by atoms with Crippen LogP contribution in [-0.2, 0) is 4.74 Å². The van der Waals surface area contributed by atoms with E-state index in [0.717, 1.165) is 41.1 Å². The third kappa shape index (κ3) is 6.68. The molecule has 6 nitrogen and oxygen atoms in total. The average molecular weight is 485 g/mol. The van der Waals surface area contributed by atoms with Gasteiger partial charge in [0.2, 0.25) is 0 Å². The number of halogens is 1. The summed E-state index contributed by atoms with van der Waals surface area (Å²) in [6.07, 6.45) is 5.34. The van der Waals surface area contributed by atoms with E-state index in [2.05, 4.69) is 22.4 Å². The van der Waals surface area contributed by atoms with E-state index in [4.69, 9.17) is 16.3 Å². The lowest BCUT2D eigenvalue weighted by molar-refractivity contribution is 0.116. The Morgan fingerprint density at radius 3 is 2.36 bits per heavy atom. The number of thioether (sulfide) groups is 1. The lowest BCUT2D eigenvalue weighted by atomic mass is 9.81. The third-order valence-corrected chi connectivity index (χ3v) is 7.16. The molecule has 2 aromatic rings. The molecule has 174 valence electrons. The van der Waals surface area contributed by atoms with Gasteiger partial charge in [0, 0.05) is 10.8 Å². The number of nitrogens with zero attached hydrogens (tertiary/aromatic N) is 2. The van der Waals surface area contributed by atoms with Gasteiger partial charge >= 0.3 is 6.09 Å². The van der Waals surface area contributed by atoms with Crippen LogP contribution in [0.25, 0.3) is 0 Å². The van der Waals surface area contributed by atoms with Crippen molar-refractivity contribution >= 4 is 46.0 Å². The number of nitrogens with one attached hydrogen (secondary N) is 2. The van der Waals surface area contributed by atoms with Gasteiger partial charge in [0.25, 0.3) is 0 Å². The predicted molar refractivity (Wildman–Crippen MR) is 137 cm³/mol. The molecule has 1 fully saturated rings. The highest BCUT2D eigenvalue weighted by Gasteiger charge is 2.25. The molecular weight excluding hydrogens is 456 g/mol. The number of ether oxygens (including phenoxy) is 1. The van der Waals surface area contributed by atoms with Gasteiger partial charge in [-0.25, -0.2) is 14.7 Å². The molecule has 2 aliphatic rings. The van der Waals surface area contributed by atoms with Gasteiger partial charge in [-0.1, -0.05) is 61.0 Å². The smallest absolute Gasteiger partial charge is 0.418 e. The fraction of sp³-hybridized carbons (Fsp3) is 0.360. The van der Waals surface area contributed by atoms with E-state index < -0.39 is 0 Å². The molecule has 0 saturated heterocycles. The van der Waals surface area contributed by atoms with Crippen LogP contribution in [0.3, 0.4) is 0 Å². The number of hydrazine groups is 1. The summed E-state index contributed by atoms with van der Waals surface area (Å²) in [6, 6.07) is 16.8. The summed E-state index contributed by atoms with van der Waals surface area (Å²) in [5.74, 6) is 2.83. The van der Waals surface area contributed by atoms with E-state index in [9.17, 15) is 4.79 Å². The van der Waals surface area contributed by atoms with Gasteiger partial charge in [-0.05, 0) is 67.5 Å². The van der Waals surface area contributed by atoms with Crippen LogP contribution in [0.15, 0.2) is 72.0 Å². The number of amidine groups is 1. The predicted octanol–water partition coefficient (Wildman–Crippen LogP) is 6.48. The first-order valence-corrected chi connectivity index (χ1v) is 12.6. The lowest BCUT2D eigenvalue weighted by Crippen LogP contribution is -2.29. The highest BCUT2D eigenvalue weighted by molar-refractivity contribution is 8.13. The number of hydrogen-bond donors (Lipinski definition) is 2. The number of anilines is 2. The van der Waals surface area contributed by atoms with Crippen molar-refractivity contribution < 1.29 is 9.53 Å². The number of carbonyl (C=O) groups excluding carboxylic acids is 1. The van der Waals surface area contributed by atoms with Crippen molar-refractivity contribution in [2.75, 3.05) is 17.3 Å². The summed E-state index contributed by atoms with van der Waals surface area (Å²) >= 11 is 7.76. The maximum Gasteiger partial charge on any atom is 0.418 e. The second-order valence-corrected chi connectivity index (χ2v) is 9.88. The molecule has 0 unspecified atom stereocenters. The monoisotopic (exact) mass is 484 g/mol. The molecule has 1 heterocycles. The Kier molecular flexibility index (Phi) is 8.18. The van der Waals surface area contributed by atoms with Gasteiger partial charge in [-0.2, -0.15) is 0 Å². The molecule has 1 amide bonds. The van der Waals surface area contributed by atoms with Crippen LogP contribution in [-0.4, -0.2) is 23.6 Å². The second-order valence-electron chi connectivity index (χ2n) is 8.36. The first kappa shape index (κ1) is 23.5. The summed E-state index contributed by atoms with van der Waals surface area (Å²) < 4.78 is 5.79. The molecule has 0 spiro atoms. The highest BCUT2D eigenvalue weighted by atomic mass is 35.5. The van der Waals surface area contributed by atoms with Crippen molar-refractivity contribution in [1.82, 2.24) is 10.9 Å². The van der Waals surface area contributed by atoms with E-state index in [1.165, 1.54) is 19.3 Å². The number of hydrogen-bond acceptors (Lipinski definition) is 6. The number of amides is 1. The van der Waals surface area contributed by atoms with Crippen molar-refractivity contribution in [2.24, 2.45) is 16.8 Å². The summed E-state index contributed by atoms with van der Waals surface area (Å²) in [5.41, 5.74) is 7.42. The number of benzene rings is 2. The van der Waals surface area contributed by atoms with Crippen LogP contribution in [0.1, 0.15) is 32.1 Å². The van der Waals surface area contributed by atoms with E-state index >= 15 is 0 Å². The zero-order chi connectivity index (χ0) is 23.0. The van der Waals surface area contributed by atoms with Gasteiger partial charge in [0.15, 0.2) is 5.17 Å². The fourth-order valence-electron chi connectivity index (χ4n) is 4.16. The van der Waals surface area contributed by atoms with E-state index in [0.29, 0.717) is 23.4 Å². The second kappa shape index (κ2) is 11.5. The average Bonchev–Trinajstić information content (AvgIpc) is 3.25. The Bertz CT molecular complexity index is 976. The van der Waals surface area contributed by atoms with Crippen LogP contribution in [0, 0.1) is 11.8 Å². The number of rotatable bonds is 7. The topological polar surface area (TPSA) is 66.0 Å². The zero-order valence-electron chi connectivity index (χ0n) is 18.5. The zero-order valence-corrected chi connectivity index (χ0v) is 20.1. The Hall–Kier alpha value is -2.64. The molecule has 1 saturated carbocycles. The summed E-state index contributed by atoms with van der Waals surface area (Å²) in [5, 5.41) is 1.52. The van der Waals surface area contributed by atoms with Gasteiger partial charge < -0.3 is 4.74 Å². The molecule has 1 aliphatic heterocycles. The van der Waals surface area contributed by atoms with Gasteiger partial charge in [-0.15, -0.1) is 0 Å². The largest absolute Gasteiger partial charge is 0.449 e. The van der Waals surface area contributed by atoms with Crippen LogP contribution in [0.4, 0.5) is 16.2 Å². The minimum absolute atomic E-state index is 0.359. The van der Waals surface area contributed by atoms with E-state index in [-0.39, 0.29) is 6.09 Å². The maximum absolute atomic E-state index is 13.1.